The molecule has 2 aromatic rings. The Balaban J connectivity index is 1.34. The largest absolute Gasteiger partial charge is 0.326 e. The lowest BCUT2D eigenvalue weighted by Crippen LogP contribution is -2.32. The molecule has 5 nitrogen and oxygen atoms in total. The van der Waals surface area contributed by atoms with Crippen molar-refractivity contribution < 1.29 is 14.4 Å². The van der Waals surface area contributed by atoms with Crippen LogP contribution in [0.5, 0.6) is 0 Å². The second-order valence-electron chi connectivity index (χ2n) is 7.77. The first kappa shape index (κ1) is 16.9. The van der Waals surface area contributed by atoms with Gasteiger partial charge < -0.3 is 5.32 Å². The van der Waals surface area contributed by atoms with E-state index in [0.717, 1.165) is 12.0 Å². The monoisotopic (exact) mass is 372 g/mol. The topological polar surface area (TPSA) is 66.5 Å². The molecule has 3 amide bonds. The molecular weight excluding hydrogens is 352 g/mol. The van der Waals surface area contributed by atoms with Crippen LogP contribution in [0.25, 0.3) is 0 Å². The number of imide groups is 1. The van der Waals surface area contributed by atoms with Gasteiger partial charge >= 0.3 is 0 Å². The Morgan fingerprint density at radius 2 is 1.61 bits per heavy atom. The van der Waals surface area contributed by atoms with Crippen molar-refractivity contribution in [3.8, 4) is 0 Å². The van der Waals surface area contributed by atoms with Crippen LogP contribution in [0.15, 0.2) is 66.7 Å². The zero-order valence-corrected chi connectivity index (χ0v) is 15.2. The van der Waals surface area contributed by atoms with E-state index in [2.05, 4.69) is 17.5 Å². The predicted octanol–water partition coefficient (Wildman–Crippen LogP) is 3.18. The number of rotatable bonds is 4. The lowest BCUT2D eigenvalue weighted by molar-refractivity contribution is -0.123. The van der Waals surface area contributed by atoms with Gasteiger partial charge in [0.2, 0.25) is 17.7 Å². The zero-order chi connectivity index (χ0) is 19.3. The molecule has 2 fully saturated rings. The quantitative estimate of drug-likeness (QED) is 0.662. The Labute approximate surface area is 163 Å². The number of amides is 3. The molecule has 1 saturated heterocycles. The summed E-state index contributed by atoms with van der Waals surface area (Å²) in [6.45, 7) is 0. The van der Waals surface area contributed by atoms with Crippen molar-refractivity contribution in [3.05, 3.63) is 72.3 Å². The second kappa shape index (κ2) is 6.44. The smallest absolute Gasteiger partial charge is 0.238 e. The van der Waals surface area contributed by atoms with Crippen molar-refractivity contribution in [2.24, 2.45) is 23.7 Å². The maximum absolute atomic E-state index is 12.9. The molecule has 2 aliphatic carbocycles. The van der Waals surface area contributed by atoms with Crippen molar-refractivity contribution in [1.29, 1.82) is 0 Å². The maximum Gasteiger partial charge on any atom is 0.238 e. The molecule has 1 saturated carbocycles. The first-order valence-corrected chi connectivity index (χ1v) is 9.62. The van der Waals surface area contributed by atoms with E-state index in [1.54, 1.807) is 24.3 Å². The highest BCUT2D eigenvalue weighted by atomic mass is 16.2. The minimum atomic E-state index is -0.223. The molecule has 28 heavy (non-hydrogen) atoms. The van der Waals surface area contributed by atoms with E-state index in [1.807, 2.05) is 30.3 Å². The van der Waals surface area contributed by atoms with Crippen molar-refractivity contribution in [1.82, 2.24) is 0 Å². The van der Waals surface area contributed by atoms with Crippen LogP contribution in [-0.4, -0.2) is 17.7 Å². The van der Waals surface area contributed by atoms with E-state index in [0.29, 0.717) is 11.4 Å². The summed E-state index contributed by atoms with van der Waals surface area (Å²) in [6.07, 6.45) is 5.35. The van der Waals surface area contributed by atoms with Gasteiger partial charge in [0.25, 0.3) is 0 Å². The summed E-state index contributed by atoms with van der Waals surface area (Å²) in [5.74, 6) is -0.436. The van der Waals surface area contributed by atoms with Crippen LogP contribution in [0.3, 0.4) is 0 Å². The molecule has 2 bridgehead atoms. The van der Waals surface area contributed by atoms with Gasteiger partial charge in [-0.25, -0.2) is 4.90 Å². The fourth-order valence-corrected chi connectivity index (χ4v) is 4.87. The summed E-state index contributed by atoms with van der Waals surface area (Å²) in [5.41, 5.74) is 2.04. The molecule has 0 unspecified atom stereocenters. The summed E-state index contributed by atoms with van der Waals surface area (Å²) < 4.78 is 0. The van der Waals surface area contributed by atoms with Crippen LogP contribution in [0.2, 0.25) is 0 Å². The van der Waals surface area contributed by atoms with Crippen LogP contribution in [0, 0.1) is 23.7 Å². The maximum atomic E-state index is 12.9. The number of nitrogens with zero attached hydrogens (tertiary/aromatic N) is 1. The van der Waals surface area contributed by atoms with Crippen LogP contribution >= 0.6 is 0 Å². The number of allylic oxidation sites excluding steroid dienone is 2. The highest BCUT2D eigenvalue weighted by Crippen LogP contribution is 2.53. The molecule has 5 heteroatoms. The number of nitrogens with one attached hydrogen (secondary N) is 1. The van der Waals surface area contributed by atoms with Crippen molar-refractivity contribution in [2.75, 3.05) is 10.2 Å². The summed E-state index contributed by atoms with van der Waals surface area (Å²) in [6, 6.07) is 16.5. The SMILES string of the molecule is O=C(Cc1ccccc1)Nc1cccc(N2C(=O)[C@@H]3[C@@H](C2=O)[C@@H]2C=C[C@@H]3C2)c1. The van der Waals surface area contributed by atoms with E-state index < -0.39 is 0 Å². The first-order chi connectivity index (χ1) is 13.6. The molecule has 1 heterocycles. The highest BCUT2D eigenvalue weighted by Gasteiger charge is 2.59. The molecule has 0 aromatic heterocycles. The van der Waals surface area contributed by atoms with Gasteiger partial charge in [-0.3, -0.25) is 14.4 Å². The molecule has 1 N–H and O–H groups in total. The lowest BCUT2D eigenvalue weighted by atomic mass is 9.85. The molecule has 0 spiro atoms. The second-order valence-corrected chi connectivity index (χ2v) is 7.77. The van der Waals surface area contributed by atoms with Gasteiger partial charge in [0.1, 0.15) is 0 Å². The first-order valence-electron chi connectivity index (χ1n) is 9.62. The van der Waals surface area contributed by atoms with Crippen molar-refractivity contribution in [3.63, 3.8) is 0 Å². The molecule has 140 valence electrons. The van der Waals surface area contributed by atoms with E-state index in [1.165, 1.54) is 4.90 Å². The van der Waals surface area contributed by atoms with E-state index >= 15 is 0 Å². The third-order valence-corrected chi connectivity index (χ3v) is 6.07. The van der Waals surface area contributed by atoms with Crippen LogP contribution in [0.4, 0.5) is 11.4 Å². The van der Waals surface area contributed by atoms with Gasteiger partial charge in [-0.2, -0.15) is 0 Å². The number of carbonyl (C=O) groups excluding carboxylic acids is 3. The van der Waals surface area contributed by atoms with Gasteiger partial charge in [0.15, 0.2) is 0 Å². The fourth-order valence-electron chi connectivity index (χ4n) is 4.87. The normalized spacial score (nSPS) is 27.4. The van der Waals surface area contributed by atoms with E-state index in [-0.39, 0.29) is 47.8 Å². The Kier molecular flexibility index (Phi) is 3.90. The molecule has 0 radical (unpaired) electrons. The van der Waals surface area contributed by atoms with E-state index in [4.69, 9.17) is 0 Å². The van der Waals surface area contributed by atoms with Gasteiger partial charge in [0.05, 0.1) is 23.9 Å². The summed E-state index contributed by atoms with van der Waals surface area (Å²) in [4.78, 5) is 39.5. The predicted molar refractivity (Wildman–Crippen MR) is 105 cm³/mol. The number of hydrogen-bond acceptors (Lipinski definition) is 3. The lowest BCUT2D eigenvalue weighted by Gasteiger charge is -2.18. The van der Waals surface area contributed by atoms with Crippen molar-refractivity contribution in [2.45, 2.75) is 12.8 Å². The van der Waals surface area contributed by atoms with Gasteiger partial charge in [-0.1, -0.05) is 48.6 Å². The summed E-state index contributed by atoms with van der Waals surface area (Å²) in [7, 11) is 0. The molecule has 1 aliphatic heterocycles. The van der Waals surface area contributed by atoms with Crippen LogP contribution in [0.1, 0.15) is 12.0 Å². The average Bonchev–Trinajstić information content (AvgIpc) is 3.36. The fraction of sp³-hybridized carbons (Fsp3) is 0.261. The van der Waals surface area contributed by atoms with Crippen molar-refractivity contribution >= 4 is 29.1 Å². The van der Waals surface area contributed by atoms with Gasteiger partial charge in [-0.15, -0.1) is 0 Å². The van der Waals surface area contributed by atoms with E-state index in [9.17, 15) is 14.4 Å². The average molecular weight is 372 g/mol. The number of fused-ring (bicyclic) bond motifs is 5. The molecular formula is C23H20N2O3. The van der Waals surface area contributed by atoms with Crippen LogP contribution < -0.4 is 10.2 Å². The van der Waals surface area contributed by atoms with Gasteiger partial charge in [-0.05, 0) is 42.0 Å². The molecule has 2 aromatic carbocycles. The third kappa shape index (κ3) is 2.66. The minimum absolute atomic E-state index is 0.111. The Bertz CT molecular complexity index is 968. The molecule has 4 atom stereocenters. The molecule has 3 aliphatic rings. The standard InChI is InChI=1S/C23H20N2O3/c26-19(11-14-5-2-1-3-6-14)24-17-7-4-8-18(13-17)25-22(27)20-15-9-10-16(12-15)21(20)23(25)28/h1-10,13,15-16,20-21H,11-12H2,(H,24,26)/t15-,16-,20+,21+/m1/s1. The Morgan fingerprint density at radius 1 is 0.929 bits per heavy atom. The molecule has 5 rings (SSSR count). The number of anilines is 2. The number of hydrogen-bond donors (Lipinski definition) is 1. The highest BCUT2D eigenvalue weighted by molar-refractivity contribution is 6.23. The number of benzene rings is 2. The number of carbonyl (C=O) groups is 3. The van der Waals surface area contributed by atoms with Crippen LogP contribution in [-0.2, 0) is 20.8 Å². The summed E-state index contributed by atoms with van der Waals surface area (Å²) in [5, 5.41) is 2.86. The minimum Gasteiger partial charge on any atom is -0.326 e. The van der Waals surface area contributed by atoms with Gasteiger partial charge in [0, 0.05) is 5.69 Å². The Morgan fingerprint density at radius 3 is 2.29 bits per heavy atom. The summed E-state index contributed by atoms with van der Waals surface area (Å²) >= 11 is 0. The third-order valence-electron chi connectivity index (χ3n) is 6.07. The Hall–Kier alpha value is -3.21. The zero-order valence-electron chi connectivity index (χ0n) is 15.2.